The van der Waals surface area contributed by atoms with Crippen molar-refractivity contribution in [3.05, 3.63) is 71.8 Å². The van der Waals surface area contributed by atoms with Crippen molar-refractivity contribution in [1.82, 2.24) is 26.2 Å². The van der Waals surface area contributed by atoms with Crippen LogP contribution in [0.3, 0.4) is 0 Å². The minimum atomic E-state index is -1.81. The SMILES string of the molecule is CC[C@H](C)[C@H](NC(=O)[C@@H]1CCCN1C(=O)[C@@H](O)[C@H](Cc1ccccc1)NC(=O)[C@H](CO)NC(=O)Cc1ccccc1)C(=O)N[C@H](C(N)=O)C(C)C. The summed E-state index contributed by atoms with van der Waals surface area (Å²) in [6.07, 6.45) is -0.573. The molecule has 7 atom stereocenters. The Morgan fingerprint density at radius 3 is 2.00 bits per heavy atom. The molecule has 1 aliphatic heterocycles. The lowest BCUT2D eigenvalue weighted by Gasteiger charge is -2.32. The molecule has 278 valence electrons. The van der Waals surface area contributed by atoms with E-state index in [2.05, 4.69) is 21.3 Å². The van der Waals surface area contributed by atoms with Crippen LogP contribution < -0.4 is 27.0 Å². The number of aliphatic hydroxyl groups is 2. The zero-order chi connectivity index (χ0) is 37.7. The van der Waals surface area contributed by atoms with E-state index < -0.39 is 78.4 Å². The molecule has 3 rings (SSSR count). The van der Waals surface area contributed by atoms with Crippen molar-refractivity contribution < 1.29 is 39.0 Å². The standard InChI is InChI=1S/C37H52N6O8/c1-5-23(4)31(36(50)41-30(22(2)3)33(38)47)42-35(49)28-17-12-18-43(28)37(51)32(46)26(19-24-13-8-6-9-14-24)40-34(48)27(21-44)39-29(45)20-25-15-10-7-11-16-25/h6-11,13-16,22-23,26-28,30-32,44,46H,5,12,17-21H2,1-4H3,(H2,38,47)(H,39,45)(H,40,48)(H,41,50)(H,42,49)/t23-,26-,27-,28-,30-,31-,32-/m0/s1. The van der Waals surface area contributed by atoms with Crippen LogP contribution in [0.15, 0.2) is 60.7 Å². The van der Waals surface area contributed by atoms with Gasteiger partial charge in [0.25, 0.3) is 5.91 Å². The second-order valence-electron chi connectivity index (χ2n) is 13.4. The van der Waals surface area contributed by atoms with Crippen molar-refractivity contribution in [2.24, 2.45) is 17.6 Å². The number of hydrogen-bond donors (Lipinski definition) is 7. The Morgan fingerprint density at radius 2 is 1.45 bits per heavy atom. The van der Waals surface area contributed by atoms with Gasteiger partial charge in [-0.25, -0.2) is 0 Å². The molecule has 14 nitrogen and oxygen atoms in total. The Hall–Kier alpha value is -4.82. The lowest BCUT2D eigenvalue weighted by molar-refractivity contribution is -0.147. The monoisotopic (exact) mass is 708 g/mol. The van der Waals surface area contributed by atoms with E-state index in [9.17, 15) is 39.0 Å². The third-order valence-corrected chi connectivity index (χ3v) is 9.20. The predicted molar refractivity (Wildman–Crippen MR) is 189 cm³/mol. The zero-order valence-electron chi connectivity index (χ0n) is 29.7. The average Bonchev–Trinajstić information content (AvgIpc) is 3.61. The summed E-state index contributed by atoms with van der Waals surface area (Å²) in [6, 6.07) is 12.2. The van der Waals surface area contributed by atoms with Gasteiger partial charge in [0.05, 0.1) is 19.1 Å². The number of nitrogens with one attached hydrogen (secondary N) is 4. The number of carbonyl (C=O) groups excluding carboxylic acids is 6. The van der Waals surface area contributed by atoms with E-state index in [1.807, 2.05) is 6.92 Å². The summed E-state index contributed by atoms with van der Waals surface area (Å²) in [7, 11) is 0. The Bertz CT molecular complexity index is 1490. The van der Waals surface area contributed by atoms with Gasteiger partial charge in [-0.1, -0.05) is 94.8 Å². The molecule has 14 heteroatoms. The Balaban J connectivity index is 1.77. The molecule has 6 amide bonds. The average molecular weight is 709 g/mol. The summed E-state index contributed by atoms with van der Waals surface area (Å²) in [5.41, 5.74) is 6.89. The topological polar surface area (TPSA) is 220 Å². The molecule has 0 bridgehead atoms. The highest BCUT2D eigenvalue weighted by atomic mass is 16.3. The van der Waals surface area contributed by atoms with E-state index in [1.165, 1.54) is 4.90 Å². The maximum absolute atomic E-state index is 13.9. The van der Waals surface area contributed by atoms with Crippen molar-refractivity contribution in [2.45, 2.75) is 96.1 Å². The smallest absolute Gasteiger partial charge is 0.254 e. The van der Waals surface area contributed by atoms with Gasteiger partial charge in [0.1, 0.15) is 24.2 Å². The first-order valence-corrected chi connectivity index (χ1v) is 17.4. The fraction of sp³-hybridized carbons (Fsp3) is 0.514. The predicted octanol–water partition coefficient (Wildman–Crippen LogP) is -0.0574. The number of nitrogens with two attached hydrogens (primary N) is 1. The molecule has 0 aliphatic carbocycles. The van der Waals surface area contributed by atoms with Crippen LogP contribution in [0.2, 0.25) is 0 Å². The first-order chi connectivity index (χ1) is 24.3. The highest BCUT2D eigenvalue weighted by Crippen LogP contribution is 2.21. The number of primary amides is 1. The molecule has 51 heavy (non-hydrogen) atoms. The molecule has 1 aliphatic rings. The van der Waals surface area contributed by atoms with Gasteiger partial charge in [0.15, 0.2) is 6.10 Å². The second kappa shape index (κ2) is 19.5. The van der Waals surface area contributed by atoms with E-state index in [0.717, 1.165) is 0 Å². The molecule has 0 aromatic heterocycles. The Labute approximate surface area is 298 Å². The zero-order valence-corrected chi connectivity index (χ0v) is 29.7. The molecule has 2 aromatic rings. The van der Waals surface area contributed by atoms with Crippen LogP contribution in [0.1, 0.15) is 58.1 Å². The van der Waals surface area contributed by atoms with Crippen molar-refractivity contribution in [3.8, 4) is 0 Å². The van der Waals surface area contributed by atoms with E-state index in [4.69, 9.17) is 5.73 Å². The second-order valence-corrected chi connectivity index (χ2v) is 13.4. The number of hydrogen-bond acceptors (Lipinski definition) is 8. The third kappa shape index (κ3) is 11.6. The summed E-state index contributed by atoms with van der Waals surface area (Å²) in [5, 5.41) is 32.0. The first-order valence-electron chi connectivity index (χ1n) is 17.4. The van der Waals surface area contributed by atoms with E-state index in [-0.39, 0.29) is 37.6 Å². The molecule has 0 saturated carbocycles. The Kier molecular flexibility index (Phi) is 15.6. The lowest BCUT2D eigenvalue weighted by atomic mass is 9.96. The maximum atomic E-state index is 13.9. The van der Waals surface area contributed by atoms with E-state index >= 15 is 0 Å². The summed E-state index contributed by atoms with van der Waals surface area (Å²) in [5.74, 6) is -4.61. The number of amides is 6. The van der Waals surface area contributed by atoms with Crippen LogP contribution in [-0.2, 0) is 41.6 Å². The molecule has 1 heterocycles. The fourth-order valence-corrected chi connectivity index (χ4v) is 6.02. The van der Waals surface area contributed by atoms with Gasteiger partial charge in [-0.05, 0) is 42.2 Å². The first kappa shape index (κ1) is 40.6. The van der Waals surface area contributed by atoms with Gasteiger partial charge in [0.2, 0.25) is 29.5 Å². The lowest BCUT2D eigenvalue weighted by Crippen LogP contribution is -2.60. The van der Waals surface area contributed by atoms with Crippen LogP contribution in [0.5, 0.6) is 0 Å². The maximum Gasteiger partial charge on any atom is 0.254 e. The highest BCUT2D eigenvalue weighted by Gasteiger charge is 2.41. The minimum Gasteiger partial charge on any atom is -0.394 e. The molecule has 0 radical (unpaired) electrons. The van der Waals surface area contributed by atoms with Crippen LogP contribution in [0.4, 0.5) is 0 Å². The summed E-state index contributed by atoms with van der Waals surface area (Å²) >= 11 is 0. The Morgan fingerprint density at radius 1 is 0.843 bits per heavy atom. The summed E-state index contributed by atoms with van der Waals surface area (Å²) in [4.78, 5) is 80.1. The van der Waals surface area contributed by atoms with Gasteiger partial charge in [0, 0.05) is 6.54 Å². The molecule has 1 saturated heterocycles. The van der Waals surface area contributed by atoms with E-state index in [0.29, 0.717) is 24.0 Å². The minimum absolute atomic E-state index is 0.0213. The van der Waals surface area contributed by atoms with Gasteiger partial charge in [-0.3, -0.25) is 28.8 Å². The van der Waals surface area contributed by atoms with Crippen LogP contribution in [0.25, 0.3) is 0 Å². The van der Waals surface area contributed by atoms with Crippen molar-refractivity contribution in [3.63, 3.8) is 0 Å². The quantitative estimate of drug-likeness (QED) is 0.111. The highest BCUT2D eigenvalue weighted by molar-refractivity contribution is 5.95. The molecular weight excluding hydrogens is 656 g/mol. The normalized spacial score (nSPS) is 17.7. The molecule has 2 aromatic carbocycles. The number of nitrogens with zero attached hydrogens (tertiary/aromatic N) is 1. The van der Waals surface area contributed by atoms with E-state index in [1.54, 1.807) is 81.4 Å². The summed E-state index contributed by atoms with van der Waals surface area (Å²) in [6.45, 7) is 6.52. The number of aliphatic hydroxyl groups excluding tert-OH is 2. The van der Waals surface area contributed by atoms with Gasteiger partial charge in [-0.2, -0.15) is 0 Å². The van der Waals surface area contributed by atoms with Crippen molar-refractivity contribution in [2.75, 3.05) is 13.2 Å². The largest absolute Gasteiger partial charge is 0.394 e. The third-order valence-electron chi connectivity index (χ3n) is 9.20. The molecular formula is C37H52N6O8. The van der Waals surface area contributed by atoms with Crippen LogP contribution in [-0.4, -0.2) is 100 Å². The number of rotatable bonds is 18. The number of carbonyl (C=O) groups is 6. The fourth-order valence-electron chi connectivity index (χ4n) is 6.02. The van der Waals surface area contributed by atoms with Crippen LogP contribution in [0, 0.1) is 11.8 Å². The molecule has 0 unspecified atom stereocenters. The van der Waals surface area contributed by atoms with Crippen LogP contribution >= 0.6 is 0 Å². The van der Waals surface area contributed by atoms with Gasteiger partial charge >= 0.3 is 0 Å². The van der Waals surface area contributed by atoms with Crippen molar-refractivity contribution in [1.29, 1.82) is 0 Å². The van der Waals surface area contributed by atoms with Crippen molar-refractivity contribution >= 4 is 35.4 Å². The molecule has 8 N–H and O–H groups in total. The van der Waals surface area contributed by atoms with Gasteiger partial charge in [-0.15, -0.1) is 0 Å². The molecule has 1 fully saturated rings. The van der Waals surface area contributed by atoms with Gasteiger partial charge < -0.3 is 42.1 Å². The number of likely N-dealkylation sites (tertiary alicyclic amines) is 1. The number of benzene rings is 2. The summed E-state index contributed by atoms with van der Waals surface area (Å²) < 4.78 is 0. The molecule has 0 spiro atoms.